The number of anilines is 1. The second kappa shape index (κ2) is 5.92. The molecule has 0 aliphatic heterocycles. The van der Waals surface area contributed by atoms with Crippen LogP contribution in [0.2, 0.25) is 0 Å². The van der Waals surface area contributed by atoms with E-state index in [0.717, 1.165) is 24.2 Å². The quantitative estimate of drug-likeness (QED) is 0.872. The fraction of sp³-hybridized carbons (Fsp3) is 0.250. The fourth-order valence-electron chi connectivity index (χ4n) is 1.52. The van der Waals surface area contributed by atoms with E-state index in [4.69, 9.17) is 0 Å². The van der Waals surface area contributed by atoms with Crippen LogP contribution in [0.3, 0.4) is 0 Å². The first-order valence-electron chi connectivity index (χ1n) is 5.44. The zero-order valence-electron chi connectivity index (χ0n) is 9.67. The molecule has 102 valence electrons. The van der Waals surface area contributed by atoms with E-state index in [0.29, 0.717) is 16.7 Å². The lowest BCUT2D eigenvalue weighted by Gasteiger charge is -2.11. The molecule has 2 rings (SSSR count). The van der Waals surface area contributed by atoms with E-state index in [1.165, 1.54) is 17.4 Å². The lowest BCUT2D eigenvalue weighted by molar-refractivity contribution is -0.137. The molecular weight excluding hydrogens is 341 g/mol. The van der Waals surface area contributed by atoms with Crippen molar-refractivity contribution in [2.24, 2.45) is 0 Å². The van der Waals surface area contributed by atoms with Gasteiger partial charge in [-0.25, -0.2) is 4.98 Å². The number of halogens is 4. The molecule has 19 heavy (non-hydrogen) atoms. The van der Waals surface area contributed by atoms with Crippen LogP contribution in [-0.4, -0.2) is 11.5 Å². The van der Waals surface area contributed by atoms with Crippen LogP contribution in [0, 0.1) is 0 Å². The van der Waals surface area contributed by atoms with Crippen molar-refractivity contribution in [1.82, 2.24) is 4.98 Å². The van der Waals surface area contributed by atoms with Crippen LogP contribution in [0.5, 0.6) is 0 Å². The second-order valence-electron chi connectivity index (χ2n) is 3.85. The number of benzene rings is 1. The monoisotopic (exact) mass is 350 g/mol. The number of hydrogen-bond donors (Lipinski definition) is 1. The molecule has 0 aliphatic carbocycles. The maximum absolute atomic E-state index is 12.5. The zero-order valence-corrected chi connectivity index (χ0v) is 12.1. The Morgan fingerprint density at radius 3 is 2.68 bits per heavy atom. The summed E-state index contributed by atoms with van der Waals surface area (Å²) in [6, 6.07) is 3.56. The Bertz CT molecular complexity index is 540. The number of alkyl halides is 3. The van der Waals surface area contributed by atoms with Crippen LogP contribution in [-0.2, 0) is 12.6 Å². The minimum atomic E-state index is -4.32. The maximum Gasteiger partial charge on any atom is 0.416 e. The van der Waals surface area contributed by atoms with E-state index >= 15 is 0 Å². The number of nitrogens with zero attached hydrogens (tertiary/aromatic N) is 1. The van der Waals surface area contributed by atoms with Crippen molar-refractivity contribution >= 4 is 33.0 Å². The molecule has 2 aromatic rings. The van der Waals surface area contributed by atoms with Gasteiger partial charge in [0.1, 0.15) is 0 Å². The summed E-state index contributed by atoms with van der Waals surface area (Å²) < 4.78 is 37.9. The Kier molecular flexibility index (Phi) is 4.46. The highest BCUT2D eigenvalue weighted by Gasteiger charge is 2.30. The normalized spacial score (nSPS) is 11.6. The SMILES string of the molecule is FC(F)(F)c1ccc(NCCc2cscn2)c(Br)c1. The minimum Gasteiger partial charge on any atom is -0.384 e. The highest BCUT2D eigenvalue weighted by Crippen LogP contribution is 2.33. The molecule has 0 saturated carbocycles. The Balaban J connectivity index is 1.97. The second-order valence-corrected chi connectivity index (χ2v) is 5.42. The smallest absolute Gasteiger partial charge is 0.384 e. The summed E-state index contributed by atoms with van der Waals surface area (Å²) >= 11 is 4.66. The van der Waals surface area contributed by atoms with Crippen molar-refractivity contribution in [3.8, 4) is 0 Å². The molecule has 1 N–H and O–H groups in total. The summed E-state index contributed by atoms with van der Waals surface area (Å²) in [7, 11) is 0. The predicted octanol–water partition coefficient (Wildman–Crippen LogP) is 4.58. The summed E-state index contributed by atoms with van der Waals surface area (Å²) in [5, 5.41) is 5.03. The molecule has 1 aromatic heterocycles. The number of aromatic nitrogens is 1. The van der Waals surface area contributed by atoms with Gasteiger partial charge in [-0.05, 0) is 34.1 Å². The van der Waals surface area contributed by atoms with Crippen LogP contribution in [0.25, 0.3) is 0 Å². The molecule has 1 heterocycles. The van der Waals surface area contributed by atoms with Gasteiger partial charge in [-0.2, -0.15) is 13.2 Å². The van der Waals surface area contributed by atoms with Crippen molar-refractivity contribution in [1.29, 1.82) is 0 Å². The van der Waals surface area contributed by atoms with Gasteiger partial charge in [-0.1, -0.05) is 0 Å². The van der Waals surface area contributed by atoms with E-state index in [-0.39, 0.29) is 0 Å². The molecule has 0 fully saturated rings. The third-order valence-corrected chi connectivity index (χ3v) is 3.77. The maximum atomic E-state index is 12.5. The van der Waals surface area contributed by atoms with Gasteiger partial charge in [0, 0.05) is 28.5 Å². The first-order chi connectivity index (χ1) is 8.97. The largest absolute Gasteiger partial charge is 0.416 e. The third-order valence-electron chi connectivity index (χ3n) is 2.48. The zero-order chi connectivity index (χ0) is 13.9. The predicted molar refractivity (Wildman–Crippen MR) is 73.5 cm³/mol. The summed E-state index contributed by atoms with van der Waals surface area (Å²) in [5.74, 6) is 0. The van der Waals surface area contributed by atoms with Crippen molar-refractivity contribution in [3.05, 3.63) is 44.8 Å². The van der Waals surface area contributed by atoms with Gasteiger partial charge >= 0.3 is 6.18 Å². The highest BCUT2D eigenvalue weighted by atomic mass is 79.9. The van der Waals surface area contributed by atoms with E-state index < -0.39 is 11.7 Å². The number of nitrogens with one attached hydrogen (secondary N) is 1. The molecule has 7 heteroatoms. The van der Waals surface area contributed by atoms with Gasteiger partial charge in [0.25, 0.3) is 0 Å². The number of thiazole rings is 1. The van der Waals surface area contributed by atoms with E-state index in [1.807, 2.05) is 5.38 Å². The molecule has 0 spiro atoms. The summed E-state index contributed by atoms with van der Waals surface area (Å²) in [4.78, 5) is 4.13. The molecule has 1 aromatic carbocycles. The number of rotatable bonds is 4. The average molecular weight is 351 g/mol. The van der Waals surface area contributed by atoms with Crippen LogP contribution in [0.4, 0.5) is 18.9 Å². The van der Waals surface area contributed by atoms with Crippen LogP contribution >= 0.6 is 27.3 Å². The van der Waals surface area contributed by atoms with Crippen molar-refractivity contribution in [2.45, 2.75) is 12.6 Å². The molecule has 0 aliphatic rings. The van der Waals surface area contributed by atoms with E-state index in [9.17, 15) is 13.2 Å². The van der Waals surface area contributed by atoms with Gasteiger partial charge in [0.05, 0.1) is 16.8 Å². The topological polar surface area (TPSA) is 24.9 Å². The lowest BCUT2D eigenvalue weighted by atomic mass is 10.2. The van der Waals surface area contributed by atoms with Gasteiger partial charge in [-0.3, -0.25) is 0 Å². The molecule has 0 radical (unpaired) electrons. The summed E-state index contributed by atoms with van der Waals surface area (Å²) in [6.07, 6.45) is -3.58. The first kappa shape index (κ1) is 14.3. The van der Waals surface area contributed by atoms with Gasteiger partial charge in [-0.15, -0.1) is 11.3 Å². The van der Waals surface area contributed by atoms with Crippen LogP contribution in [0.1, 0.15) is 11.3 Å². The molecule has 2 nitrogen and oxygen atoms in total. The fourth-order valence-corrected chi connectivity index (χ4v) is 2.63. The molecule has 0 saturated heterocycles. The Morgan fingerprint density at radius 1 is 1.32 bits per heavy atom. The average Bonchev–Trinajstić information content (AvgIpc) is 2.83. The highest BCUT2D eigenvalue weighted by molar-refractivity contribution is 9.10. The standard InChI is InChI=1S/C12H10BrF3N2S/c13-10-5-8(12(14,15)16)1-2-11(10)17-4-3-9-6-19-7-18-9/h1-2,5-7,17H,3-4H2. The molecular formula is C12H10BrF3N2S. The minimum absolute atomic E-state index is 0.403. The first-order valence-corrected chi connectivity index (χ1v) is 7.18. The molecule has 0 atom stereocenters. The van der Waals surface area contributed by atoms with Crippen LogP contribution < -0.4 is 5.32 Å². The molecule has 0 bridgehead atoms. The Morgan fingerprint density at radius 2 is 2.11 bits per heavy atom. The Labute approximate surface area is 120 Å². The Hall–Kier alpha value is -1.08. The lowest BCUT2D eigenvalue weighted by Crippen LogP contribution is -2.08. The molecule has 0 amide bonds. The van der Waals surface area contributed by atoms with Gasteiger partial charge < -0.3 is 5.32 Å². The van der Waals surface area contributed by atoms with Gasteiger partial charge in [0.2, 0.25) is 0 Å². The van der Waals surface area contributed by atoms with E-state index in [2.05, 4.69) is 26.2 Å². The molecule has 0 unspecified atom stereocenters. The van der Waals surface area contributed by atoms with Crippen molar-refractivity contribution in [3.63, 3.8) is 0 Å². The number of hydrogen-bond acceptors (Lipinski definition) is 3. The van der Waals surface area contributed by atoms with Gasteiger partial charge in [0.15, 0.2) is 0 Å². The summed E-state index contributed by atoms with van der Waals surface area (Å²) in [5.41, 5.74) is 2.71. The van der Waals surface area contributed by atoms with Crippen molar-refractivity contribution < 1.29 is 13.2 Å². The van der Waals surface area contributed by atoms with E-state index in [1.54, 1.807) is 5.51 Å². The summed E-state index contributed by atoms with van der Waals surface area (Å²) in [6.45, 7) is 0.619. The van der Waals surface area contributed by atoms with Crippen LogP contribution in [0.15, 0.2) is 33.6 Å². The van der Waals surface area contributed by atoms with Crippen molar-refractivity contribution in [2.75, 3.05) is 11.9 Å². The third kappa shape index (κ3) is 3.94.